The average Bonchev–Trinajstić information content (AvgIpc) is 3.24. The molecule has 124 valence electrons. The van der Waals surface area contributed by atoms with Crippen LogP contribution in [0.1, 0.15) is 12.8 Å². The molecule has 0 spiro atoms. The Morgan fingerprint density at radius 2 is 2.17 bits per heavy atom. The van der Waals surface area contributed by atoms with E-state index in [1.165, 1.54) is 0 Å². The molecule has 0 saturated carbocycles. The number of H-pyrrole nitrogens is 1. The van der Waals surface area contributed by atoms with Crippen LogP contribution in [0.3, 0.4) is 0 Å². The standard InChI is InChI=1S/C16H15Cl2N5O/c17-11-4-1-5-12(13(11)18)24-7-10-3-2-6-23(10)16-14-15(20-8-19-14)21-9-22-16/h1,4-5,8-10H,2-3,6-7H2,(H,19,20,21,22). The number of fused-ring (bicyclic) bond motifs is 1. The maximum absolute atomic E-state index is 6.19. The van der Waals surface area contributed by atoms with Crippen molar-refractivity contribution in [1.82, 2.24) is 19.9 Å². The summed E-state index contributed by atoms with van der Waals surface area (Å²) in [6.45, 7) is 1.43. The highest BCUT2D eigenvalue weighted by atomic mass is 35.5. The zero-order valence-corrected chi connectivity index (χ0v) is 14.3. The summed E-state index contributed by atoms with van der Waals surface area (Å²) in [6.07, 6.45) is 5.29. The van der Waals surface area contributed by atoms with Crippen LogP contribution < -0.4 is 9.64 Å². The second-order valence-electron chi connectivity index (χ2n) is 5.65. The lowest BCUT2D eigenvalue weighted by Crippen LogP contribution is -2.35. The van der Waals surface area contributed by atoms with E-state index in [1.807, 2.05) is 12.1 Å². The molecule has 3 aromatic rings. The van der Waals surface area contributed by atoms with E-state index in [4.69, 9.17) is 27.9 Å². The minimum absolute atomic E-state index is 0.210. The van der Waals surface area contributed by atoms with Gasteiger partial charge in [0.2, 0.25) is 0 Å². The molecule has 3 heterocycles. The summed E-state index contributed by atoms with van der Waals surface area (Å²) >= 11 is 12.2. The molecule has 1 unspecified atom stereocenters. The molecule has 0 bridgehead atoms. The molecule has 2 aromatic heterocycles. The highest BCUT2D eigenvalue weighted by Crippen LogP contribution is 2.33. The number of hydrogen-bond donors (Lipinski definition) is 1. The zero-order valence-electron chi connectivity index (χ0n) is 12.7. The van der Waals surface area contributed by atoms with Gasteiger partial charge in [-0.2, -0.15) is 0 Å². The maximum Gasteiger partial charge on any atom is 0.182 e. The Bertz CT molecular complexity index is 869. The minimum atomic E-state index is 0.210. The van der Waals surface area contributed by atoms with Gasteiger partial charge >= 0.3 is 0 Å². The van der Waals surface area contributed by atoms with Crippen molar-refractivity contribution in [3.8, 4) is 5.75 Å². The van der Waals surface area contributed by atoms with E-state index in [0.29, 0.717) is 28.0 Å². The minimum Gasteiger partial charge on any atom is -0.490 e. The summed E-state index contributed by atoms with van der Waals surface area (Å²) in [6, 6.07) is 5.61. The number of nitrogens with zero attached hydrogens (tertiary/aromatic N) is 4. The molecule has 24 heavy (non-hydrogen) atoms. The maximum atomic E-state index is 6.19. The number of rotatable bonds is 4. The van der Waals surface area contributed by atoms with Crippen LogP contribution in [0.2, 0.25) is 10.0 Å². The summed E-state index contributed by atoms with van der Waals surface area (Å²) in [5.41, 5.74) is 1.52. The first-order valence-electron chi connectivity index (χ1n) is 7.71. The Kier molecular flexibility index (Phi) is 4.16. The normalized spacial score (nSPS) is 17.6. The predicted octanol–water partition coefficient (Wildman–Crippen LogP) is 3.71. The monoisotopic (exact) mass is 363 g/mol. The van der Waals surface area contributed by atoms with Crippen LogP contribution in [-0.4, -0.2) is 39.1 Å². The van der Waals surface area contributed by atoms with Gasteiger partial charge in [0.15, 0.2) is 11.5 Å². The Labute approximate surface area is 148 Å². The summed E-state index contributed by atoms with van der Waals surface area (Å²) in [5.74, 6) is 1.46. The SMILES string of the molecule is Clc1cccc(OCC2CCCN2c2ncnc3nc[nH]c23)c1Cl. The van der Waals surface area contributed by atoms with Gasteiger partial charge < -0.3 is 14.6 Å². The van der Waals surface area contributed by atoms with Crippen molar-refractivity contribution in [1.29, 1.82) is 0 Å². The van der Waals surface area contributed by atoms with Crippen molar-refractivity contribution in [3.63, 3.8) is 0 Å². The van der Waals surface area contributed by atoms with Gasteiger partial charge in [0, 0.05) is 6.54 Å². The topological polar surface area (TPSA) is 66.9 Å². The van der Waals surface area contributed by atoms with E-state index in [0.717, 1.165) is 30.7 Å². The number of halogens is 2. The highest BCUT2D eigenvalue weighted by molar-refractivity contribution is 6.42. The average molecular weight is 364 g/mol. The fourth-order valence-corrected chi connectivity index (χ4v) is 3.39. The molecule has 8 heteroatoms. The van der Waals surface area contributed by atoms with E-state index < -0.39 is 0 Å². The number of aromatic amines is 1. The van der Waals surface area contributed by atoms with E-state index in [1.54, 1.807) is 18.7 Å². The Morgan fingerprint density at radius 3 is 3.08 bits per heavy atom. The number of hydrogen-bond acceptors (Lipinski definition) is 5. The van der Waals surface area contributed by atoms with Crippen LogP contribution in [0.25, 0.3) is 11.2 Å². The fourth-order valence-electron chi connectivity index (χ4n) is 3.04. The molecule has 4 rings (SSSR count). The van der Waals surface area contributed by atoms with Gasteiger partial charge in [0.1, 0.15) is 29.2 Å². The Morgan fingerprint density at radius 1 is 1.25 bits per heavy atom. The molecule has 1 N–H and O–H groups in total. The largest absolute Gasteiger partial charge is 0.490 e. The second-order valence-corrected chi connectivity index (χ2v) is 6.44. The van der Waals surface area contributed by atoms with Gasteiger partial charge in [-0.25, -0.2) is 15.0 Å². The lowest BCUT2D eigenvalue weighted by molar-refractivity contribution is 0.288. The molecule has 1 aromatic carbocycles. The first-order chi connectivity index (χ1) is 11.7. The van der Waals surface area contributed by atoms with Gasteiger partial charge in [0.25, 0.3) is 0 Å². The van der Waals surface area contributed by atoms with E-state index in [9.17, 15) is 0 Å². The van der Waals surface area contributed by atoms with Crippen molar-refractivity contribution < 1.29 is 4.74 Å². The molecule has 1 aliphatic heterocycles. The van der Waals surface area contributed by atoms with Crippen molar-refractivity contribution in [3.05, 3.63) is 40.9 Å². The molecule has 6 nitrogen and oxygen atoms in total. The van der Waals surface area contributed by atoms with Crippen LogP contribution >= 0.6 is 23.2 Å². The summed E-state index contributed by atoms with van der Waals surface area (Å²) in [4.78, 5) is 18.2. The molecule has 1 fully saturated rings. The van der Waals surface area contributed by atoms with Gasteiger partial charge in [-0.1, -0.05) is 29.3 Å². The predicted molar refractivity (Wildman–Crippen MR) is 94.0 cm³/mol. The van der Waals surface area contributed by atoms with Crippen molar-refractivity contribution in [2.75, 3.05) is 18.1 Å². The van der Waals surface area contributed by atoms with Crippen molar-refractivity contribution >= 4 is 40.2 Å². The summed E-state index contributed by atoms with van der Waals surface area (Å²) in [7, 11) is 0. The summed E-state index contributed by atoms with van der Waals surface area (Å²) < 4.78 is 5.92. The van der Waals surface area contributed by atoms with Crippen LogP contribution in [0, 0.1) is 0 Å². The lowest BCUT2D eigenvalue weighted by atomic mass is 10.2. The van der Waals surface area contributed by atoms with E-state index in [2.05, 4.69) is 24.8 Å². The van der Waals surface area contributed by atoms with Crippen LogP contribution in [0.4, 0.5) is 5.82 Å². The Hall–Kier alpha value is -2.05. The molecular formula is C16H15Cl2N5O. The Balaban J connectivity index is 1.55. The molecule has 0 amide bonds. The quantitative estimate of drug-likeness (QED) is 0.765. The smallest absolute Gasteiger partial charge is 0.182 e. The van der Waals surface area contributed by atoms with E-state index >= 15 is 0 Å². The first-order valence-corrected chi connectivity index (χ1v) is 8.47. The van der Waals surface area contributed by atoms with Crippen LogP contribution in [0.15, 0.2) is 30.9 Å². The number of ether oxygens (including phenoxy) is 1. The molecule has 1 aliphatic rings. The van der Waals surface area contributed by atoms with Gasteiger partial charge in [-0.3, -0.25) is 0 Å². The first kappa shape index (κ1) is 15.5. The second kappa shape index (κ2) is 6.45. The number of aromatic nitrogens is 4. The fraction of sp³-hybridized carbons (Fsp3) is 0.312. The zero-order chi connectivity index (χ0) is 16.5. The van der Waals surface area contributed by atoms with E-state index in [-0.39, 0.29) is 6.04 Å². The van der Waals surface area contributed by atoms with Crippen molar-refractivity contribution in [2.24, 2.45) is 0 Å². The molecular weight excluding hydrogens is 349 g/mol. The van der Waals surface area contributed by atoms with Crippen LogP contribution in [0.5, 0.6) is 5.75 Å². The lowest BCUT2D eigenvalue weighted by Gasteiger charge is -2.26. The van der Waals surface area contributed by atoms with Gasteiger partial charge in [-0.05, 0) is 25.0 Å². The van der Waals surface area contributed by atoms with Gasteiger partial charge in [-0.15, -0.1) is 0 Å². The highest BCUT2D eigenvalue weighted by Gasteiger charge is 2.28. The number of benzene rings is 1. The number of imidazole rings is 1. The van der Waals surface area contributed by atoms with Crippen LogP contribution in [-0.2, 0) is 0 Å². The molecule has 1 atom stereocenters. The number of anilines is 1. The number of nitrogens with one attached hydrogen (secondary N) is 1. The third-order valence-corrected chi connectivity index (χ3v) is 5.00. The third-order valence-electron chi connectivity index (χ3n) is 4.20. The molecule has 1 saturated heterocycles. The molecule has 0 aliphatic carbocycles. The van der Waals surface area contributed by atoms with Crippen molar-refractivity contribution in [2.45, 2.75) is 18.9 Å². The summed E-state index contributed by atoms with van der Waals surface area (Å²) in [5, 5.41) is 0.939. The molecule has 0 radical (unpaired) electrons. The van der Waals surface area contributed by atoms with Gasteiger partial charge in [0.05, 0.1) is 17.4 Å². The third kappa shape index (κ3) is 2.76.